The van der Waals surface area contributed by atoms with E-state index >= 15 is 0 Å². The minimum absolute atomic E-state index is 0.0476. The average molecular weight is 187 g/mol. The van der Waals surface area contributed by atoms with E-state index in [1.165, 1.54) is 0 Å². The second kappa shape index (κ2) is 4.23. The topological polar surface area (TPSA) is 75.6 Å². The van der Waals surface area contributed by atoms with Crippen molar-refractivity contribution in [2.75, 3.05) is 7.11 Å². The van der Waals surface area contributed by atoms with Crippen molar-refractivity contribution >= 4 is 11.9 Å². The highest BCUT2D eigenvalue weighted by Crippen LogP contribution is 2.21. The number of ether oxygens (including phenoxy) is 1. The summed E-state index contributed by atoms with van der Waals surface area (Å²) < 4.78 is 5.08. The zero-order valence-corrected chi connectivity index (χ0v) is 7.45. The monoisotopic (exact) mass is 187 g/mol. The Kier molecular flexibility index (Phi) is 3.25. The van der Waals surface area contributed by atoms with Crippen LogP contribution >= 0.6 is 0 Å². The molecule has 2 unspecified atom stereocenters. The Morgan fingerprint density at radius 1 is 1.46 bits per heavy atom. The summed E-state index contributed by atoms with van der Waals surface area (Å²) in [4.78, 5) is 20.9. The Morgan fingerprint density at radius 2 is 2.15 bits per heavy atom. The van der Waals surface area contributed by atoms with Crippen LogP contribution in [0.25, 0.3) is 0 Å². The Hall–Kier alpha value is -1.10. The van der Waals surface area contributed by atoms with E-state index in [4.69, 9.17) is 9.84 Å². The summed E-state index contributed by atoms with van der Waals surface area (Å²) in [7, 11) is 1.62. The number of amides is 1. The van der Waals surface area contributed by atoms with Crippen molar-refractivity contribution in [2.45, 2.75) is 31.4 Å². The molecule has 74 valence electrons. The Balaban J connectivity index is 2.32. The number of carbonyl (C=O) groups excluding carboxylic acids is 1. The molecule has 0 bridgehead atoms. The molecule has 1 rings (SSSR count). The average Bonchev–Trinajstić information content (AvgIpc) is 2.52. The maximum absolute atomic E-state index is 10.7. The van der Waals surface area contributed by atoms with Crippen LogP contribution in [0.5, 0.6) is 0 Å². The first-order valence-electron chi connectivity index (χ1n) is 4.20. The van der Waals surface area contributed by atoms with Gasteiger partial charge in [0.2, 0.25) is 0 Å². The van der Waals surface area contributed by atoms with Crippen molar-refractivity contribution < 1.29 is 19.4 Å². The molecule has 0 aromatic heterocycles. The lowest BCUT2D eigenvalue weighted by Crippen LogP contribution is -2.38. The van der Waals surface area contributed by atoms with Crippen molar-refractivity contribution in [3.63, 3.8) is 0 Å². The van der Waals surface area contributed by atoms with Crippen molar-refractivity contribution in [2.24, 2.45) is 0 Å². The summed E-state index contributed by atoms with van der Waals surface area (Å²) >= 11 is 0. The van der Waals surface area contributed by atoms with E-state index in [1.807, 2.05) is 0 Å². The van der Waals surface area contributed by atoms with Gasteiger partial charge in [-0.05, 0) is 19.3 Å². The quantitative estimate of drug-likeness (QED) is 0.585. The molecule has 0 aromatic carbocycles. The van der Waals surface area contributed by atoms with E-state index in [0.29, 0.717) is 6.42 Å². The van der Waals surface area contributed by atoms with E-state index in [1.54, 1.807) is 7.11 Å². The zero-order valence-electron chi connectivity index (χ0n) is 7.45. The number of rotatable bonds is 2. The molecule has 0 heterocycles. The van der Waals surface area contributed by atoms with Gasteiger partial charge in [0.25, 0.3) is 0 Å². The van der Waals surface area contributed by atoms with Gasteiger partial charge in [0.1, 0.15) is 0 Å². The number of hydrogen-bond acceptors (Lipinski definition) is 3. The standard InChI is InChI=1S/C8H13NO4/c1-13-6-3-2-5(4-6)9-7(10)8(11)12/h5-6H,2-4H2,1H3,(H,9,10)(H,11,12). The zero-order chi connectivity index (χ0) is 9.84. The molecule has 1 aliphatic rings. The van der Waals surface area contributed by atoms with E-state index in [-0.39, 0.29) is 12.1 Å². The van der Waals surface area contributed by atoms with Gasteiger partial charge in [-0.3, -0.25) is 4.79 Å². The number of carboxylic acids is 1. The Labute approximate surface area is 76.1 Å². The van der Waals surface area contributed by atoms with Crippen molar-refractivity contribution in [1.82, 2.24) is 5.32 Å². The lowest BCUT2D eigenvalue weighted by atomic mass is 10.2. The van der Waals surface area contributed by atoms with Crippen molar-refractivity contribution in [3.05, 3.63) is 0 Å². The smallest absolute Gasteiger partial charge is 0.394 e. The maximum atomic E-state index is 10.7. The number of aliphatic carboxylic acids is 1. The second-order valence-corrected chi connectivity index (χ2v) is 3.15. The van der Waals surface area contributed by atoms with Crippen LogP contribution in [-0.4, -0.2) is 36.2 Å². The third-order valence-corrected chi connectivity index (χ3v) is 2.25. The summed E-state index contributed by atoms with van der Waals surface area (Å²) in [6.45, 7) is 0. The number of carboxylic acid groups (broad SMARTS) is 1. The van der Waals surface area contributed by atoms with Gasteiger partial charge in [-0.1, -0.05) is 0 Å². The first kappa shape index (κ1) is 9.98. The number of methoxy groups -OCH3 is 1. The van der Waals surface area contributed by atoms with Crippen molar-refractivity contribution in [1.29, 1.82) is 0 Å². The Morgan fingerprint density at radius 3 is 2.62 bits per heavy atom. The SMILES string of the molecule is COC1CCC(NC(=O)C(=O)O)C1. The second-order valence-electron chi connectivity index (χ2n) is 3.15. The fraction of sp³-hybridized carbons (Fsp3) is 0.750. The molecule has 1 fully saturated rings. The summed E-state index contributed by atoms with van der Waals surface area (Å²) in [6.07, 6.45) is 2.52. The minimum atomic E-state index is -1.43. The molecular weight excluding hydrogens is 174 g/mol. The van der Waals surface area contributed by atoms with Crippen LogP contribution in [0.2, 0.25) is 0 Å². The molecule has 2 atom stereocenters. The van der Waals surface area contributed by atoms with Crippen LogP contribution in [0, 0.1) is 0 Å². The molecule has 0 spiro atoms. The van der Waals surface area contributed by atoms with Gasteiger partial charge in [0.15, 0.2) is 0 Å². The van der Waals surface area contributed by atoms with E-state index in [2.05, 4.69) is 5.32 Å². The van der Waals surface area contributed by atoms with Gasteiger partial charge in [0, 0.05) is 13.2 Å². The highest BCUT2D eigenvalue weighted by Gasteiger charge is 2.27. The van der Waals surface area contributed by atoms with Gasteiger partial charge in [-0.15, -0.1) is 0 Å². The highest BCUT2D eigenvalue weighted by molar-refractivity contribution is 6.31. The van der Waals surface area contributed by atoms with Crippen LogP contribution in [-0.2, 0) is 14.3 Å². The fourth-order valence-corrected chi connectivity index (χ4v) is 1.53. The van der Waals surface area contributed by atoms with Crippen LogP contribution in [0.3, 0.4) is 0 Å². The predicted molar refractivity (Wildman–Crippen MR) is 44.2 cm³/mol. The number of hydrogen-bond donors (Lipinski definition) is 2. The molecule has 13 heavy (non-hydrogen) atoms. The van der Waals surface area contributed by atoms with E-state index in [9.17, 15) is 9.59 Å². The molecule has 2 N–H and O–H groups in total. The van der Waals surface area contributed by atoms with Crippen LogP contribution in [0.15, 0.2) is 0 Å². The van der Waals surface area contributed by atoms with Crippen LogP contribution in [0.1, 0.15) is 19.3 Å². The lowest BCUT2D eigenvalue weighted by molar-refractivity contribution is -0.150. The summed E-state index contributed by atoms with van der Waals surface area (Å²) in [5.74, 6) is -2.36. The third kappa shape index (κ3) is 2.69. The van der Waals surface area contributed by atoms with Crippen LogP contribution < -0.4 is 5.32 Å². The van der Waals surface area contributed by atoms with Crippen LogP contribution in [0.4, 0.5) is 0 Å². The Bertz CT molecular complexity index is 216. The molecule has 1 amide bonds. The van der Waals surface area contributed by atoms with Gasteiger partial charge >= 0.3 is 11.9 Å². The first-order chi connectivity index (χ1) is 6.13. The largest absolute Gasteiger partial charge is 0.474 e. The lowest BCUT2D eigenvalue weighted by Gasteiger charge is -2.10. The van der Waals surface area contributed by atoms with Gasteiger partial charge in [-0.2, -0.15) is 0 Å². The first-order valence-corrected chi connectivity index (χ1v) is 4.20. The molecule has 1 saturated carbocycles. The van der Waals surface area contributed by atoms with Gasteiger partial charge in [-0.25, -0.2) is 4.79 Å². The molecule has 5 heteroatoms. The summed E-state index contributed by atoms with van der Waals surface area (Å²) in [5, 5.41) is 10.7. The van der Waals surface area contributed by atoms with E-state index < -0.39 is 11.9 Å². The molecule has 1 aliphatic carbocycles. The maximum Gasteiger partial charge on any atom is 0.394 e. The molecule has 0 radical (unpaired) electrons. The predicted octanol–water partition coefficient (Wildman–Crippen LogP) is -0.245. The molecule has 0 aromatic rings. The number of nitrogens with one attached hydrogen (secondary N) is 1. The minimum Gasteiger partial charge on any atom is -0.474 e. The van der Waals surface area contributed by atoms with Gasteiger partial charge in [0.05, 0.1) is 6.10 Å². The third-order valence-electron chi connectivity index (χ3n) is 2.25. The highest BCUT2D eigenvalue weighted by atomic mass is 16.5. The summed E-state index contributed by atoms with van der Waals surface area (Å²) in [6, 6.07) is -0.0476. The summed E-state index contributed by atoms with van der Waals surface area (Å²) in [5.41, 5.74) is 0. The van der Waals surface area contributed by atoms with E-state index in [0.717, 1.165) is 12.8 Å². The molecule has 0 saturated heterocycles. The fourth-order valence-electron chi connectivity index (χ4n) is 1.53. The molecule has 0 aliphatic heterocycles. The number of carbonyl (C=O) groups is 2. The van der Waals surface area contributed by atoms with Crippen molar-refractivity contribution in [3.8, 4) is 0 Å². The normalized spacial score (nSPS) is 27.2. The van der Waals surface area contributed by atoms with Gasteiger partial charge < -0.3 is 15.2 Å². The molecule has 5 nitrogen and oxygen atoms in total. The molecular formula is C8H13NO4.